The fraction of sp³-hybridized carbons (Fsp3) is 0.333. The Kier molecular flexibility index (Phi) is 5.02. The van der Waals surface area contributed by atoms with E-state index in [0.29, 0.717) is 11.4 Å². The third-order valence-electron chi connectivity index (χ3n) is 3.07. The Balaban J connectivity index is 1.79. The number of furan rings is 1. The van der Waals surface area contributed by atoms with Gasteiger partial charge in [-0.25, -0.2) is 0 Å². The predicted octanol–water partition coefficient (Wildman–Crippen LogP) is 3.49. The second-order valence-electron chi connectivity index (χ2n) is 4.73. The van der Waals surface area contributed by atoms with Crippen molar-refractivity contribution in [3.05, 3.63) is 59.0 Å². The third kappa shape index (κ3) is 4.39. The molecule has 2 aromatic rings. The molecule has 0 aliphatic rings. The molecule has 2 rings (SSSR count). The molecule has 0 aliphatic carbocycles. The summed E-state index contributed by atoms with van der Waals surface area (Å²) in [5.74, 6) is 0. The molecule has 0 amide bonds. The fourth-order valence-corrected chi connectivity index (χ4v) is 2.09. The number of halogens is 1. The summed E-state index contributed by atoms with van der Waals surface area (Å²) < 4.78 is 5.03. The van der Waals surface area contributed by atoms with E-state index in [1.165, 1.54) is 0 Å². The van der Waals surface area contributed by atoms with Crippen LogP contribution in [0.1, 0.15) is 23.7 Å². The van der Waals surface area contributed by atoms with Crippen molar-refractivity contribution in [3.8, 4) is 0 Å². The molecule has 0 spiro atoms. The highest BCUT2D eigenvalue weighted by Gasteiger charge is 2.09. The molecule has 0 radical (unpaired) electrons. The molecule has 1 unspecified atom stereocenters. The Hall–Kier alpha value is -1.29. The van der Waals surface area contributed by atoms with Crippen LogP contribution in [0.15, 0.2) is 47.3 Å². The zero-order valence-corrected chi connectivity index (χ0v) is 11.7. The minimum absolute atomic E-state index is 0.455. The Labute approximate surface area is 118 Å². The molecule has 0 saturated heterocycles. The minimum Gasteiger partial charge on any atom is -0.472 e. The molecule has 0 bridgehead atoms. The second kappa shape index (κ2) is 6.75. The first kappa shape index (κ1) is 14.1. The van der Waals surface area contributed by atoms with Gasteiger partial charge in [0, 0.05) is 23.7 Å². The molecule has 1 N–H and O–H groups in total. The molecule has 1 atom stereocenters. The maximum atomic E-state index is 10.1. The van der Waals surface area contributed by atoms with Crippen LogP contribution in [0.3, 0.4) is 0 Å². The lowest BCUT2D eigenvalue weighted by molar-refractivity contribution is 0.147. The van der Waals surface area contributed by atoms with Crippen LogP contribution in [0, 0.1) is 0 Å². The summed E-state index contributed by atoms with van der Waals surface area (Å²) in [5.41, 5.74) is 2.05. The van der Waals surface area contributed by atoms with E-state index < -0.39 is 6.10 Å². The number of rotatable bonds is 6. The molecular formula is C15H18ClNO2. The summed E-state index contributed by atoms with van der Waals surface area (Å²) in [6.07, 6.45) is 3.65. The molecule has 1 aromatic heterocycles. The monoisotopic (exact) mass is 279 g/mol. The highest BCUT2D eigenvalue weighted by atomic mass is 35.5. The average molecular weight is 280 g/mol. The van der Waals surface area contributed by atoms with Gasteiger partial charge in [0.1, 0.15) is 0 Å². The van der Waals surface area contributed by atoms with Crippen LogP contribution in [0.2, 0.25) is 5.02 Å². The minimum atomic E-state index is -0.455. The summed E-state index contributed by atoms with van der Waals surface area (Å²) >= 11 is 5.82. The van der Waals surface area contributed by atoms with Crippen LogP contribution in [0.5, 0.6) is 0 Å². The number of aliphatic hydroxyl groups is 1. The molecule has 0 saturated carbocycles. The Morgan fingerprint density at radius 1 is 1.26 bits per heavy atom. The number of benzene rings is 1. The van der Waals surface area contributed by atoms with Gasteiger partial charge in [-0.1, -0.05) is 23.7 Å². The zero-order chi connectivity index (χ0) is 13.7. The van der Waals surface area contributed by atoms with Gasteiger partial charge < -0.3 is 14.4 Å². The summed E-state index contributed by atoms with van der Waals surface area (Å²) in [7, 11) is 2.03. The van der Waals surface area contributed by atoms with Crippen molar-refractivity contribution in [2.24, 2.45) is 0 Å². The van der Waals surface area contributed by atoms with Gasteiger partial charge in [-0.15, -0.1) is 0 Å². The van der Waals surface area contributed by atoms with Crippen molar-refractivity contribution in [2.45, 2.75) is 19.1 Å². The first-order valence-corrected chi connectivity index (χ1v) is 6.66. The SMILES string of the molecule is CN(CCC(O)c1ccc(Cl)cc1)Cc1ccoc1. The highest BCUT2D eigenvalue weighted by Crippen LogP contribution is 2.19. The van der Waals surface area contributed by atoms with Crippen LogP contribution in [0.4, 0.5) is 0 Å². The quantitative estimate of drug-likeness (QED) is 0.879. The van der Waals surface area contributed by atoms with Crippen molar-refractivity contribution in [3.63, 3.8) is 0 Å². The Bertz CT molecular complexity index is 481. The van der Waals surface area contributed by atoms with E-state index in [4.69, 9.17) is 16.0 Å². The number of aliphatic hydroxyl groups excluding tert-OH is 1. The van der Waals surface area contributed by atoms with Gasteiger partial charge in [0.25, 0.3) is 0 Å². The van der Waals surface area contributed by atoms with Crippen LogP contribution >= 0.6 is 11.6 Å². The molecule has 0 aliphatic heterocycles. The van der Waals surface area contributed by atoms with E-state index in [2.05, 4.69) is 4.90 Å². The first-order chi connectivity index (χ1) is 9.15. The zero-order valence-electron chi connectivity index (χ0n) is 10.9. The summed E-state index contributed by atoms with van der Waals surface area (Å²) in [4.78, 5) is 2.16. The molecule has 1 heterocycles. The number of hydrogen-bond donors (Lipinski definition) is 1. The average Bonchev–Trinajstić information content (AvgIpc) is 2.89. The largest absolute Gasteiger partial charge is 0.472 e. The maximum absolute atomic E-state index is 10.1. The van der Waals surface area contributed by atoms with Gasteiger partial charge in [-0.2, -0.15) is 0 Å². The van der Waals surface area contributed by atoms with E-state index in [1.807, 2.05) is 25.2 Å². The van der Waals surface area contributed by atoms with E-state index in [9.17, 15) is 5.11 Å². The highest BCUT2D eigenvalue weighted by molar-refractivity contribution is 6.30. The fourth-order valence-electron chi connectivity index (χ4n) is 1.97. The first-order valence-electron chi connectivity index (χ1n) is 6.28. The molecule has 3 nitrogen and oxygen atoms in total. The molecular weight excluding hydrogens is 262 g/mol. The topological polar surface area (TPSA) is 36.6 Å². The second-order valence-corrected chi connectivity index (χ2v) is 5.16. The number of nitrogens with zero attached hydrogens (tertiary/aromatic N) is 1. The van der Waals surface area contributed by atoms with Crippen molar-refractivity contribution < 1.29 is 9.52 Å². The number of hydrogen-bond acceptors (Lipinski definition) is 3. The van der Waals surface area contributed by atoms with Gasteiger partial charge in [0.05, 0.1) is 18.6 Å². The van der Waals surface area contributed by atoms with Crippen LogP contribution in [-0.4, -0.2) is 23.6 Å². The van der Waals surface area contributed by atoms with Gasteiger partial charge in [0.2, 0.25) is 0 Å². The maximum Gasteiger partial charge on any atom is 0.0947 e. The van der Waals surface area contributed by atoms with Crippen molar-refractivity contribution in [1.29, 1.82) is 0 Å². The lowest BCUT2D eigenvalue weighted by atomic mass is 10.1. The molecule has 0 fully saturated rings. The van der Waals surface area contributed by atoms with Gasteiger partial charge in [0.15, 0.2) is 0 Å². The summed E-state index contributed by atoms with van der Waals surface area (Å²) in [6, 6.07) is 9.28. The standard InChI is InChI=1S/C15H18ClNO2/c1-17(10-12-7-9-19-11-12)8-6-15(18)13-2-4-14(16)5-3-13/h2-5,7,9,11,15,18H,6,8,10H2,1H3. The summed E-state index contributed by atoms with van der Waals surface area (Å²) in [5, 5.41) is 10.8. The Morgan fingerprint density at radius 2 is 2.00 bits per heavy atom. The van der Waals surface area contributed by atoms with Gasteiger partial charge >= 0.3 is 0 Å². The summed E-state index contributed by atoms with van der Waals surface area (Å²) in [6.45, 7) is 1.64. The third-order valence-corrected chi connectivity index (χ3v) is 3.32. The molecule has 1 aromatic carbocycles. The van der Waals surface area contributed by atoms with Crippen molar-refractivity contribution in [1.82, 2.24) is 4.90 Å². The van der Waals surface area contributed by atoms with Crippen LogP contribution in [-0.2, 0) is 6.54 Å². The van der Waals surface area contributed by atoms with Gasteiger partial charge in [-0.05, 0) is 37.2 Å². The van der Waals surface area contributed by atoms with E-state index in [1.54, 1.807) is 24.7 Å². The van der Waals surface area contributed by atoms with E-state index in [0.717, 1.165) is 24.2 Å². The van der Waals surface area contributed by atoms with Crippen LogP contribution < -0.4 is 0 Å². The van der Waals surface area contributed by atoms with Gasteiger partial charge in [-0.3, -0.25) is 0 Å². The van der Waals surface area contributed by atoms with Crippen LogP contribution in [0.25, 0.3) is 0 Å². The molecule has 102 valence electrons. The smallest absolute Gasteiger partial charge is 0.0947 e. The van der Waals surface area contributed by atoms with Crippen molar-refractivity contribution in [2.75, 3.05) is 13.6 Å². The van der Waals surface area contributed by atoms with E-state index in [-0.39, 0.29) is 0 Å². The van der Waals surface area contributed by atoms with Crippen molar-refractivity contribution >= 4 is 11.6 Å². The Morgan fingerprint density at radius 3 is 2.63 bits per heavy atom. The lowest BCUT2D eigenvalue weighted by Gasteiger charge is -2.18. The molecule has 4 heteroatoms. The molecule has 19 heavy (non-hydrogen) atoms. The van der Waals surface area contributed by atoms with E-state index >= 15 is 0 Å². The predicted molar refractivity (Wildman–Crippen MR) is 76.1 cm³/mol. The lowest BCUT2D eigenvalue weighted by Crippen LogP contribution is -2.20. The normalized spacial score (nSPS) is 12.8.